The molecule has 0 saturated heterocycles. The van der Waals surface area contributed by atoms with Crippen molar-refractivity contribution in [3.8, 4) is 0 Å². The van der Waals surface area contributed by atoms with Gasteiger partial charge in [-0.3, -0.25) is 14.0 Å². The Hall–Kier alpha value is -2.19. The third-order valence-corrected chi connectivity index (χ3v) is 5.23. The van der Waals surface area contributed by atoms with Crippen molar-refractivity contribution in [2.75, 3.05) is 19.8 Å². The van der Waals surface area contributed by atoms with Crippen LogP contribution in [0.25, 0.3) is 15.7 Å². The number of carbonyl (C=O) groups excluding carboxylic acids is 1. The molecule has 0 aliphatic carbocycles. The van der Waals surface area contributed by atoms with Crippen LogP contribution in [0.2, 0.25) is 0 Å². The van der Waals surface area contributed by atoms with E-state index in [9.17, 15) is 9.59 Å². The standard InChI is InChI=1S/C18H24N4O3S/c1-4-13(17(23)19-8-6-9-25-5-2)22-18(24)15-11-16-14(7-10-26-16)21(15)12(3)20-22/h7,10-11,13H,4-6,8-9H2,1-3H3,(H,19,23). The van der Waals surface area contributed by atoms with Gasteiger partial charge in [0.15, 0.2) is 0 Å². The smallest absolute Gasteiger partial charge is 0.291 e. The van der Waals surface area contributed by atoms with Crippen LogP contribution in [0.15, 0.2) is 22.3 Å². The quantitative estimate of drug-likeness (QED) is 0.613. The van der Waals surface area contributed by atoms with E-state index >= 15 is 0 Å². The molecule has 0 fully saturated rings. The molecule has 3 heterocycles. The molecule has 0 saturated carbocycles. The van der Waals surface area contributed by atoms with Gasteiger partial charge in [-0.1, -0.05) is 6.92 Å². The van der Waals surface area contributed by atoms with Gasteiger partial charge < -0.3 is 10.1 Å². The number of hydrogen-bond donors (Lipinski definition) is 1. The van der Waals surface area contributed by atoms with Crippen molar-refractivity contribution in [3.05, 3.63) is 33.7 Å². The zero-order chi connectivity index (χ0) is 18.7. The molecule has 0 aromatic carbocycles. The third kappa shape index (κ3) is 3.39. The second-order valence-corrected chi connectivity index (χ2v) is 7.05. The molecule has 0 aliphatic heterocycles. The fraction of sp³-hybridized carbons (Fsp3) is 0.500. The van der Waals surface area contributed by atoms with Crippen molar-refractivity contribution in [2.24, 2.45) is 0 Å². The Morgan fingerprint density at radius 1 is 1.38 bits per heavy atom. The molecule has 0 spiro atoms. The number of ether oxygens (including phenoxy) is 1. The summed E-state index contributed by atoms with van der Waals surface area (Å²) in [7, 11) is 0. The van der Waals surface area contributed by atoms with Crippen molar-refractivity contribution in [3.63, 3.8) is 0 Å². The summed E-state index contributed by atoms with van der Waals surface area (Å²) < 4.78 is 9.49. The van der Waals surface area contributed by atoms with Crippen LogP contribution in [0.1, 0.15) is 38.6 Å². The summed E-state index contributed by atoms with van der Waals surface area (Å²) in [5, 5.41) is 9.32. The molecule has 0 bridgehead atoms. The summed E-state index contributed by atoms with van der Waals surface area (Å²) in [5.74, 6) is 0.506. The number of rotatable bonds is 8. The summed E-state index contributed by atoms with van der Waals surface area (Å²) in [6.07, 6.45) is 1.24. The van der Waals surface area contributed by atoms with Gasteiger partial charge in [0.1, 0.15) is 17.4 Å². The van der Waals surface area contributed by atoms with Crippen LogP contribution in [0, 0.1) is 6.92 Å². The minimum atomic E-state index is -0.619. The Balaban J connectivity index is 1.88. The van der Waals surface area contributed by atoms with Crippen molar-refractivity contribution in [1.29, 1.82) is 0 Å². The molecule has 3 rings (SSSR count). The van der Waals surface area contributed by atoms with E-state index in [2.05, 4.69) is 10.4 Å². The highest BCUT2D eigenvalue weighted by Gasteiger charge is 2.23. The first-order valence-electron chi connectivity index (χ1n) is 8.92. The number of fused-ring (bicyclic) bond motifs is 3. The summed E-state index contributed by atoms with van der Waals surface area (Å²) in [4.78, 5) is 25.5. The van der Waals surface area contributed by atoms with Gasteiger partial charge in [0, 0.05) is 19.8 Å². The van der Waals surface area contributed by atoms with Gasteiger partial charge in [0.05, 0.1) is 10.2 Å². The molecule has 0 aliphatic rings. The van der Waals surface area contributed by atoms with E-state index in [1.165, 1.54) is 4.68 Å². The van der Waals surface area contributed by atoms with Gasteiger partial charge in [-0.2, -0.15) is 5.10 Å². The second kappa shape index (κ2) is 8.01. The highest BCUT2D eigenvalue weighted by molar-refractivity contribution is 7.17. The third-order valence-electron chi connectivity index (χ3n) is 4.38. The highest BCUT2D eigenvalue weighted by Crippen LogP contribution is 2.24. The Morgan fingerprint density at radius 3 is 2.92 bits per heavy atom. The largest absolute Gasteiger partial charge is 0.382 e. The topological polar surface area (TPSA) is 77.6 Å². The van der Waals surface area contributed by atoms with Gasteiger partial charge in [-0.25, -0.2) is 4.68 Å². The van der Waals surface area contributed by atoms with Crippen molar-refractivity contribution < 1.29 is 9.53 Å². The maximum Gasteiger partial charge on any atom is 0.291 e. The molecule has 3 aromatic rings. The van der Waals surface area contributed by atoms with Gasteiger partial charge in [-0.05, 0) is 44.2 Å². The molecule has 140 valence electrons. The van der Waals surface area contributed by atoms with Crippen LogP contribution in [-0.2, 0) is 9.53 Å². The summed E-state index contributed by atoms with van der Waals surface area (Å²) >= 11 is 1.59. The van der Waals surface area contributed by atoms with Crippen LogP contribution in [0.3, 0.4) is 0 Å². The lowest BCUT2D eigenvalue weighted by Gasteiger charge is -2.18. The second-order valence-electron chi connectivity index (χ2n) is 6.10. The predicted octanol–water partition coefficient (Wildman–Crippen LogP) is 2.51. The maximum atomic E-state index is 13.0. The number of nitrogens with one attached hydrogen (secondary N) is 1. The number of carbonyl (C=O) groups is 1. The molecule has 1 amide bonds. The van der Waals surface area contributed by atoms with Crippen LogP contribution in [0.4, 0.5) is 0 Å². The Labute approximate surface area is 155 Å². The van der Waals surface area contributed by atoms with Gasteiger partial charge in [0.2, 0.25) is 5.91 Å². The number of nitrogens with zero attached hydrogens (tertiary/aromatic N) is 3. The maximum absolute atomic E-state index is 13.0. The first-order valence-corrected chi connectivity index (χ1v) is 9.80. The Morgan fingerprint density at radius 2 is 2.19 bits per heavy atom. The molecule has 7 nitrogen and oxygen atoms in total. The zero-order valence-corrected chi connectivity index (χ0v) is 16.1. The molecule has 26 heavy (non-hydrogen) atoms. The first kappa shape index (κ1) is 18.6. The first-order chi connectivity index (χ1) is 12.6. The monoisotopic (exact) mass is 376 g/mol. The van der Waals surface area contributed by atoms with Crippen molar-refractivity contribution in [1.82, 2.24) is 19.5 Å². The number of aromatic nitrogens is 3. The normalized spacial score (nSPS) is 12.7. The van der Waals surface area contributed by atoms with Crippen molar-refractivity contribution in [2.45, 2.75) is 39.7 Å². The van der Waals surface area contributed by atoms with Crippen molar-refractivity contribution >= 4 is 33.0 Å². The lowest BCUT2D eigenvalue weighted by molar-refractivity contribution is -0.124. The summed E-state index contributed by atoms with van der Waals surface area (Å²) in [6.45, 7) is 7.47. The predicted molar refractivity (Wildman–Crippen MR) is 103 cm³/mol. The molecule has 8 heteroatoms. The molecular formula is C18H24N4O3S. The highest BCUT2D eigenvalue weighted by atomic mass is 32.1. The van der Waals surface area contributed by atoms with Crippen LogP contribution in [0.5, 0.6) is 0 Å². The number of amides is 1. The molecule has 0 radical (unpaired) electrons. The molecular weight excluding hydrogens is 352 g/mol. The van der Waals surface area contributed by atoms with Crippen LogP contribution in [-0.4, -0.2) is 39.8 Å². The SMILES string of the molecule is CCOCCCNC(=O)C(CC)n1nc(C)n2c(cc3sccc32)c1=O. The fourth-order valence-electron chi connectivity index (χ4n) is 3.12. The van der Waals surface area contributed by atoms with E-state index in [0.717, 1.165) is 16.6 Å². The van der Waals surface area contributed by atoms with Gasteiger partial charge >= 0.3 is 0 Å². The zero-order valence-electron chi connectivity index (χ0n) is 15.3. The van der Waals surface area contributed by atoms with E-state index in [-0.39, 0.29) is 11.5 Å². The van der Waals surface area contributed by atoms with Crippen LogP contribution >= 0.6 is 11.3 Å². The summed E-state index contributed by atoms with van der Waals surface area (Å²) in [5.41, 5.74) is 1.30. The molecule has 1 N–H and O–H groups in total. The average Bonchev–Trinajstić information content (AvgIpc) is 3.20. The van der Waals surface area contributed by atoms with Gasteiger partial charge in [0.25, 0.3) is 5.56 Å². The van der Waals surface area contributed by atoms with E-state index in [1.54, 1.807) is 11.3 Å². The van der Waals surface area contributed by atoms with E-state index in [1.807, 2.05) is 42.7 Å². The number of aryl methyl sites for hydroxylation is 1. The Bertz CT molecular complexity index is 972. The fourth-order valence-corrected chi connectivity index (χ4v) is 3.93. The lowest BCUT2D eigenvalue weighted by atomic mass is 10.2. The van der Waals surface area contributed by atoms with E-state index < -0.39 is 6.04 Å². The Kier molecular flexibility index (Phi) is 5.73. The average molecular weight is 376 g/mol. The van der Waals surface area contributed by atoms with E-state index in [4.69, 9.17) is 4.74 Å². The number of thiophene rings is 1. The lowest BCUT2D eigenvalue weighted by Crippen LogP contribution is -2.39. The minimum Gasteiger partial charge on any atom is -0.382 e. The number of hydrogen-bond acceptors (Lipinski definition) is 5. The minimum absolute atomic E-state index is 0.185. The molecule has 1 unspecified atom stereocenters. The van der Waals surface area contributed by atoms with E-state index in [0.29, 0.717) is 37.5 Å². The van der Waals surface area contributed by atoms with Crippen LogP contribution < -0.4 is 10.9 Å². The summed E-state index contributed by atoms with van der Waals surface area (Å²) in [6, 6.07) is 3.24. The molecule has 1 atom stereocenters. The molecule has 3 aromatic heterocycles. The van der Waals surface area contributed by atoms with Gasteiger partial charge in [-0.15, -0.1) is 11.3 Å².